The number of hydrogen-bond acceptors (Lipinski definition) is 6. The summed E-state index contributed by atoms with van der Waals surface area (Å²) in [6, 6.07) is 10.4. The molecule has 2 amide bonds. The Hall–Kier alpha value is -3.44. The van der Waals surface area contributed by atoms with E-state index in [9.17, 15) is 18.0 Å². The predicted octanol–water partition coefficient (Wildman–Crippen LogP) is 1.90. The Morgan fingerprint density at radius 3 is 2.69 bits per heavy atom. The fraction of sp³-hybridized carbons (Fsp3) is 0.286. The smallest absolute Gasteiger partial charge is 0.249 e. The molecule has 0 aliphatic carbocycles. The van der Waals surface area contributed by atoms with Gasteiger partial charge in [0, 0.05) is 7.05 Å². The van der Waals surface area contributed by atoms with Gasteiger partial charge in [0.1, 0.15) is 23.7 Å². The van der Waals surface area contributed by atoms with Gasteiger partial charge in [-0.05, 0) is 38.1 Å². The van der Waals surface area contributed by atoms with Crippen LogP contribution in [-0.4, -0.2) is 47.9 Å². The number of sulfonamides is 1. The van der Waals surface area contributed by atoms with Crippen LogP contribution in [0.3, 0.4) is 0 Å². The van der Waals surface area contributed by atoms with E-state index in [0.29, 0.717) is 28.5 Å². The first kappa shape index (κ1) is 21.8. The number of anilines is 2. The van der Waals surface area contributed by atoms with Crippen molar-refractivity contribution in [1.29, 1.82) is 0 Å². The molecule has 0 unspecified atom stereocenters. The van der Waals surface area contributed by atoms with E-state index >= 15 is 0 Å². The minimum atomic E-state index is -3.87. The van der Waals surface area contributed by atoms with Crippen LogP contribution in [0.15, 0.2) is 52.0 Å². The van der Waals surface area contributed by atoms with Crippen LogP contribution in [0.1, 0.15) is 17.1 Å². The lowest BCUT2D eigenvalue weighted by atomic mass is 10.2. The number of aromatic nitrogens is 2. The molecular formula is C21H23N5O5S. The summed E-state index contributed by atoms with van der Waals surface area (Å²) in [5.41, 5.74) is 1.77. The summed E-state index contributed by atoms with van der Waals surface area (Å²) in [4.78, 5) is 26.5. The molecule has 1 aliphatic heterocycles. The van der Waals surface area contributed by atoms with Crippen molar-refractivity contribution in [3.05, 3.63) is 59.8 Å². The van der Waals surface area contributed by atoms with Gasteiger partial charge in [-0.25, -0.2) is 8.42 Å². The van der Waals surface area contributed by atoms with Crippen LogP contribution in [0.5, 0.6) is 0 Å². The van der Waals surface area contributed by atoms with Gasteiger partial charge in [0.2, 0.25) is 21.8 Å². The van der Waals surface area contributed by atoms with Crippen LogP contribution in [-0.2, 0) is 32.7 Å². The monoisotopic (exact) mass is 457 g/mol. The Morgan fingerprint density at radius 1 is 1.22 bits per heavy atom. The minimum absolute atomic E-state index is 0.0520. The minimum Gasteiger partial charge on any atom is -0.468 e. The molecule has 1 aliphatic rings. The molecule has 0 saturated carbocycles. The highest BCUT2D eigenvalue weighted by atomic mass is 32.2. The molecule has 1 N–H and O–H groups in total. The summed E-state index contributed by atoms with van der Waals surface area (Å²) in [5.74, 6) is -0.157. The molecule has 0 saturated heterocycles. The molecule has 10 nitrogen and oxygen atoms in total. The summed E-state index contributed by atoms with van der Waals surface area (Å²) < 4.78 is 34.2. The van der Waals surface area contributed by atoms with Crippen LogP contribution >= 0.6 is 0 Å². The van der Waals surface area contributed by atoms with Gasteiger partial charge in [-0.2, -0.15) is 9.40 Å². The molecule has 168 valence electrons. The normalized spacial score (nSPS) is 13.9. The van der Waals surface area contributed by atoms with Crippen LogP contribution in [0.2, 0.25) is 0 Å². The first-order valence-electron chi connectivity index (χ1n) is 9.90. The molecule has 1 aromatic carbocycles. The molecule has 11 heteroatoms. The van der Waals surface area contributed by atoms with Crippen molar-refractivity contribution in [2.24, 2.45) is 0 Å². The van der Waals surface area contributed by atoms with Crippen molar-refractivity contribution in [3.8, 4) is 0 Å². The second-order valence-electron chi connectivity index (χ2n) is 7.54. The molecule has 3 heterocycles. The van der Waals surface area contributed by atoms with Crippen LogP contribution in [0, 0.1) is 13.8 Å². The van der Waals surface area contributed by atoms with Crippen molar-refractivity contribution < 1.29 is 22.4 Å². The summed E-state index contributed by atoms with van der Waals surface area (Å²) in [6.45, 7) is 2.94. The third-order valence-corrected chi connectivity index (χ3v) is 7.36. The third kappa shape index (κ3) is 3.92. The number of carbonyl (C=O) groups excluding carboxylic acids is 2. The second kappa shape index (κ2) is 8.24. The maximum absolute atomic E-state index is 13.2. The molecule has 0 spiro atoms. The zero-order valence-corrected chi connectivity index (χ0v) is 18.7. The van der Waals surface area contributed by atoms with Crippen molar-refractivity contribution in [2.75, 3.05) is 23.8 Å². The first-order chi connectivity index (χ1) is 15.2. The Bertz CT molecular complexity index is 1280. The zero-order valence-electron chi connectivity index (χ0n) is 17.9. The van der Waals surface area contributed by atoms with E-state index in [1.165, 1.54) is 27.2 Å². The highest BCUT2D eigenvalue weighted by molar-refractivity contribution is 7.89. The van der Waals surface area contributed by atoms with E-state index in [1.807, 2.05) is 0 Å². The summed E-state index contributed by atoms with van der Waals surface area (Å²) in [7, 11) is -2.41. The molecule has 4 rings (SSSR count). The van der Waals surface area contributed by atoms with Crippen molar-refractivity contribution in [2.45, 2.75) is 31.8 Å². The number of aryl methyl sites for hydroxylation is 1. The fourth-order valence-electron chi connectivity index (χ4n) is 3.74. The number of nitrogens with one attached hydrogen (secondary N) is 1. The maximum Gasteiger partial charge on any atom is 0.249 e. The Balaban J connectivity index is 1.60. The van der Waals surface area contributed by atoms with Crippen molar-refractivity contribution >= 4 is 33.2 Å². The van der Waals surface area contributed by atoms with Crippen LogP contribution in [0.4, 0.5) is 11.4 Å². The summed E-state index contributed by atoms with van der Waals surface area (Å²) in [6.07, 6.45) is 1.48. The van der Waals surface area contributed by atoms with Gasteiger partial charge in [0.25, 0.3) is 0 Å². The van der Waals surface area contributed by atoms with E-state index in [1.54, 1.807) is 50.2 Å². The lowest BCUT2D eigenvalue weighted by Gasteiger charge is -2.29. The Kier molecular flexibility index (Phi) is 5.61. The lowest BCUT2D eigenvalue weighted by Crippen LogP contribution is -2.43. The number of carbonyl (C=O) groups is 2. The molecule has 32 heavy (non-hydrogen) atoms. The van der Waals surface area contributed by atoms with Gasteiger partial charge in [0.15, 0.2) is 0 Å². The molecule has 3 aromatic rings. The van der Waals surface area contributed by atoms with E-state index in [-0.39, 0.29) is 36.3 Å². The third-order valence-electron chi connectivity index (χ3n) is 5.30. The fourth-order valence-corrected chi connectivity index (χ4v) is 5.24. The van der Waals surface area contributed by atoms with E-state index < -0.39 is 10.0 Å². The lowest BCUT2D eigenvalue weighted by molar-refractivity contribution is -0.122. The van der Waals surface area contributed by atoms with Crippen LogP contribution < -0.4 is 10.2 Å². The average molecular weight is 458 g/mol. The number of benzene rings is 1. The van der Waals surface area contributed by atoms with Gasteiger partial charge < -0.3 is 9.73 Å². The van der Waals surface area contributed by atoms with E-state index in [4.69, 9.17) is 4.42 Å². The number of rotatable bonds is 6. The average Bonchev–Trinajstić information content (AvgIpc) is 3.34. The number of fused-ring (bicyclic) bond motifs is 1. The molecule has 0 fully saturated rings. The number of nitrogens with zero attached hydrogens (tertiary/aromatic N) is 4. The molecule has 2 aromatic heterocycles. The Labute approximate surface area is 185 Å². The quantitative estimate of drug-likeness (QED) is 0.604. The van der Waals surface area contributed by atoms with Gasteiger partial charge in [-0.3, -0.25) is 19.2 Å². The summed E-state index contributed by atoms with van der Waals surface area (Å²) >= 11 is 0. The maximum atomic E-state index is 13.2. The number of hydrogen-bond donors (Lipinski definition) is 1. The topological polar surface area (TPSA) is 118 Å². The van der Waals surface area contributed by atoms with Crippen molar-refractivity contribution in [3.63, 3.8) is 0 Å². The van der Waals surface area contributed by atoms with E-state index in [2.05, 4.69) is 10.4 Å². The highest BCUT2D eigenvalue weighted by Crippen LogP contribution is 2.29. The molecule has 0 bridgehead atoms. The molecular weight excluding hydrogens is 434 g/mol. The first-order valence-corrected chi connectivity index (χ1v) is 11.3. The largest absolute Gasteiger partial charge is 0.468 e. The summed E-state index contributed by atoms with van der Waals surface area (Å²) in [5, 5.41) is 7.04. The highest BCUT2D eigenvalue weighted by Gasteiger charge is 2.31. The van der Waals surface area contributed by atoms with Gasteiger partial charge in [-0.15, -0.1) is 0 Å². The molecule has 0 radical (unpaired) electrons. The number of amides is 2. The van der Waals surface area contributed by atoms with Gasteiger partial charge in [-0.1, -0.05) is 12.1 Å². The van der Waals surface area contributed by atoms with Gasteiger partial charge >= 0.3 is 0 Å². The number of furan rings is 1. The Morgan fingerprint density at radius 2 is 1.97 bits per heavy atom. The van der Waals surface area contributed by atoms with Gasteiger partial charge in [0.05, 0.1) is 35.6 Å². The molecule has 0 atom stereocenters. The standard InChI is InChI=1S/C21H23N5O5S/c1-14-21(32(29,30)24(3)11-16-7-6-10-31-16)15(2)26(23-14)13-20(28)25-12-19(27)22-17-8-4-5-9-18(17)25/h4-10H,11-13H2,1-3H3,(H,22,27). The number of para-hydroxylation sites is 2. The zero-order chi connectivity index (χ0) is 23.0. The van der Waals surface area contributed by atoms with E-state index in [0.717, 1.165) is 0 Å². The van der Waals surface area contributed by atoms with Crippen molar-refractivity contribution in [1.82, 2.24) is 14.1 Å². The SMILES string of the molecule is Cc1nn(CC(=O)N2CC(=O)Nc3ccccc32)c(C)c1S(=O)(=O)N(C)Cc1ccco1. The second-order valence-corrected chi connectivity index (χ2v) is 9.52. The van der Waals surface area contributed by atoms with Crippen LogP contribution in [0.25, 0.3) is 0 Å². The predicted molar refractivity (Wildman–Crippen MR) is 116 cm³/mol.